The summed E-state index contributed by atoms with van der Waals surface area (Å²) in [5.41, 5.74) is 3.38. The van der Waals surface area contributed by atoms with Gasteiger partial charge in [0.2, 0.25) is 0 Å². The third-order valence-electron chi connectivity index (χ3n) is 4.76. The first-order valence-corrected chi connectivity index (χ1v) is 9.36. The van der Waals surface area contributed by atoms with Crippen LogP contribution in [0.3, 0.4) is 0 Å². The van der Waals surface area contributed by atoms with Gasteiger partial charge in [-0.25, -0.2) is 0 Å². The number of ether oxygens (including phenoxy) is 1. The molecule has 1 fully saturated rings. The van der Waals surface area contributed by atoms with Crippen LogP contribution in [0.4, 0.5) is 0 Å². The minimum Gasteiger partial charge on any atom is -0.376 e. The van der Waals surface area contributed by atoms with Crippen molar-refractivity contribution in [1.29, 1.82) is 0 Å². The molecule has 1 aliphatic heterocycles. The molecule has 5 nitrogen and oxygen atoms in total. The van der Waals surface area contributed by atoms with E-state index in [4.69, 9.17) is 9.84 Å². The predicted octanol–water partition coefficient (Wildman–Crippen LogP) is 3.51. The van der Waals surface area contributed by atoms with Crippen LogP contribution in [0.1, 0.15) is 28.8 Å². The molecule has 1 N–H and O–H groups in total. The van der Waals surface area contributed by atoms with Gasteiger partial charge in [0.15, 0.2) is 0 Å². The van der Waals surface area contributed by atoms with Gasteiger partial charge < -0.3 is 10.1 Å². The highest BCUT2D eigenvalue weighted by Crippen LogP contribution is 2.22. The molecule has 1 aromatic heterocycles. The van der Waals surface area contributed by atoms with Gasteiger partial charge in [0, 0.05) is 24.9 Å². The molecular formula is C22H23N3O2. The average molecular weight is 361 g/mol. The minimum absolute atomic E-state index is 0.108. The van der Waals surface area contributed by atoms with Gasteiger partial charge in [-0.1, -0.05) is 60.7 Å². The molecule has 0 aliphatic carbocycles. The fraction of sp³-hybridized carbons (Fsp3) is 0.273. The lowest BCUT2D eigenvalue weighted by Crippen LogP contribution is -2.31. The lowest BCUT2D eigenvalue weighted by Gasteiger charge is -2.10. The Bertz CT molecular complexity index is 884. The second-order valence-electron chi connectivity index (χ2n) is 6.79. The Labute approximate surface area is 159 Å². The monoisotopic (exact) mass is 361 g/mol. The molecule has 0 saturated carbocycles. The number of rotatable bonds is 6. The van der Waals surface area contributed by atoms with E-state index in [-0.39, 0.29) is 12.0 Å². The zero-order chi connectivity index (χ0) is 18.5. The van der Waals surface area contributed by atoms with Crippen molar-refractivity contribution in [3.05, 3.63) is 78.0 Å². The number of benzene rings is 2. The summed E-state index contributed by atoms with van der Waals surface area (Å²) in [6.45, 7) is 1.95. The van der Waals surface area contributed by atoms with E-state index in [1.54, 1.807) is 0 Å². The molecule has 5 heteroatoms. The van der Waals surface area contributed by atoms with E-state index in [9.17, 15) is 4.79 Å². The topological polar surface area (TPSA) is 56.1 Å². The second kappa shape index (κ2) is 8.18. The Kier molecular flexibility index (Phi) is 5.30. The summed E-state index contributed by atoms with van der Waals surface area (Å²) in [5.74, 6) is -0.108. The van der Waals surface area contributed by atoms with Crippen LogP contribution in [-0.4, -0.2) is 34.9 Å². The standard InChI is InChI=1S/C22H23N3O2/c26-22(23-14-19-12-7-13-27-19)20-16-25(15-17-8-3-1-4-9-17)24-21(20)18-10-5-2-6-11-18/h1-6,8-11,16,19H,7,12-15H2,(H,23,26)/t19-/m1/s1. The summed E-state index contributed by atoms with van der Waals surface area (Å²) >= 11 is 0. The van der Waals surface area contributed by atoms with Gasteiger partial charge in [-0.2, -0.15) is 5.10 Å². The van der Waals surface area contributed by atoms with Crippen molar-refractivity contribution < 1.29 is 9.53 Å². The van der Waals surface area contributed by atoms with Crippen molar-refractivity contribution in [3.8, 4) is 11.3 Å². The van der Waals surface area contributed by atoms with Crippen molar-refractivity contribution in [3.63, 3.8) is 0 Å². The van der Waals surface area contributed by atoms with Crippen LogP contribution in [0.25, 0.3) is 11.3 Å². The molecule has 2 heterocycles. The number of carbonyl (C=O) groups excluding carboxylic acids is 1. The Morgan fingerprint density at radius 3 is 2.56 bits per heavy atom. The van der Waals surface area contributed by atoms with Crippen LogP contribution in [0.15, 0.2) is 66.9 Å². The first kappa shape index (κ1) is 17.5. The molecule has 138 valence electrons. The smallest absolute Gasteiger partial charge is 0.255 e. The summed E-state index contributed by atoms with van der Waals surface area (Å²) in [6.07, 6.45) is 4.01. The van der Waals surface area contributed by atoms with Crippen molar-refractivity contribution in [2.75, 3.05) is 13.2 Å². The molecule has 4 rings (SSSR count). The maximum Gasteiger partial charge on any atom is 0.255 e. The zero-order valence-corrected chi connectivity index (χ0v) is 15.2. The van der Waals surface area contributed by atoms with Crippen LogP contribution in [0, 0.1) is 0 Å². The van der Waals surface area contributed by atoms with Crippen molar-refractivity contribution in [2.24, 2.45) is 0 Å². The number of aromatic nitrogens is 2. The minimum atomic E-state index is -0.108. The van der Waals surface area contributed by atoms with Gasteiger partial charge in [0.25, 0.3) is 5.91 Å². The molecule has 1 aliphatic rings. The number of carbonyl (C=O) groups is 1. The molecule has 0 bridgehead atoms. The van der Waals surface area contributed by atoms with E-state index in [0.717, 1.165) is 30.6 Å². The number of amides is 1. The third-order valence-corrected chi connectivity index (χ3v) is 4.76. The van der Waals surface area contributed by atoms with Crippen LogP contribution >= 0.6 is 0 Å². The second-order valence-corrected chi connectivity index (χ2v) is 6.79. The summed E-state index contributed by atoms with van der Waals surface area (Å²) in [7, 11) is 0. The summed E-state index contributed by atoms with van der Waals surface area (Å²) in [6, 6.07) is 19.9. The highest BCUT2D eigenvalue weighted by Gasteiger charge is 2.21. The van der Waals surface area contributed by atoms with Crippen LogP contribution in [-0.2, 0) is 11.3 Å². The first-order valence-electron chi connectivity index (χ1n) is 9.36. The summed E-state index contributed by atoms with van der Waals surface area (Å²) in [5, 5.41) is 7.71. The Morgan fingerprint density at radius 2 is 1.85 bits per heavy atom. The lowest BCUT2D eigenvalue weighted by atomic mass is 10.1. The average Bonchev–Trinajstić information content (AvgIpc) is 3.38. The maximum absolute atomic E-state index is 12.8. The normalized spacial score (nSPS) is 16.4. The number of nitrogens with zero attached hydrogens (tertiary/aromatic N) is 2. The zero-order valence-electron chi connectivity index (χ0n) is 15.2. The van der Waals surface area contributed by atoms with Crippen LogP contribution in [0.5, 0.6) is 0 Å². The summed E-state index contributed by atoms with van der Waals surface area (Å²) in [4.78, 5) is 12.8. The van der Waals surface area contributed by atoms with Crippen LogP contribution in [0.2, 0.25) is 0 Å². The van der Waals surface area contributed by atoms with E-state index in [0.29, 0.717) is 24.3 Å². The number of hydrogen-bond acceptors (Lipinski definition) is 3. The third kappa shape index (κ3) is 4.26. The quantitative estimate of drug-likeness (QED) is 0.731. The molecule has 2 aromatic carbocycles. The maximum atomic E-state index is 12.8. The van der Waals surface area contributed by atoms with E-state index >= 15 is 0 Å². The fourth-order valence-corrected chi connectivity index (χ4v) is 3.36. The van der Waals surface area contributed by atoms with Gasteiger partial charge in [-0.05, 0) is 18.4 Å². The first-order chi connectivity index (χ1) is 13.3. The van der Waals surface area contributed by atoms with Gasteiger partial charge in [0.05, 0.1) is 18.2 Å². The molecule has 1 saturated heterocycles. The van der Waals surface area contributed by atoms with Crippen molar-refractivity contribution in [2.45, 2.75) is 25.5 Å². The lowest BCUT2D eigenvalue weighted by molar-refractivity contribution is 0.0858. The van der Waals surface area contributed by atoms with E-state index < -0.39 is 0 Å². The van der Waals surface area contributed by atoms with Gasteiger partial charge in [0.1, 0.15) is 5.69 Å². The van der Waals surface area contributed by atoms with E-state index in [1.165, 1.54) is 0 Å². The Balaban J connectivity index is 1.58. The van der Waals surface area contributed by atoms with Crippen molar-refractivity contribution in [1.82, 2.24) is 15.1 Å². The number of hydrogen-bond donors (Lipinski definition) is 1. The Hall–Kier alpha value is -2.92. The van der Waals surface area contributed by atoms with Gasteiger partial charge in [-0.15, -0.1) is 0 Å². The fourth-order valence-electron chi connectivity index (χ4n) is 3.36. The van der Waals surface area contributed by atoms with Gasteiger partial charge >= 0.3 is 0 Å². The molecule has 3 aromatic rings. The van der Waals surface area contributed by atoms with Crippen molar-refractivity contribution >= 4 is 5.91 Å². The van der Waals surface area contributed by atoms with E-state index in [1.807, 2.05) is 59.4 Å². The molecular weight excluding hydrogens is 338 g/mol. The molecule has 27 heavy (non-hydrogen) atoms. The Morgan fingerprint density at radius 1 is 1.11 bits per heavy atom. The van der Waals surface area contributed by atoms with Gasteiger partial charge in [-0.3, -0.25) is 9.48 Å². The molecule has 0 radical (unpaired) electrons. The number of nitrogens with one attached hydrogen (secondary N) is 1. The molecule has 0 spiro atoms. The molecule has 1 amide bonds. The largest absolute Gasteiger partial charge is 0.376 e. The van der Waals surface area contributed by atoms with E-state index in [2.05, 4.69) is 17.4 Å². The highest BCUT2D eigenvalue weighted by molar-refractivity contribution is 5.99. The SMILES string of the molecule is O=C(NC[C@H]1CCCO1)c1cn(Cc2ccccc2)nc1-c1ccccc1. The molecule has 0 unspecified atom stereocenters. The highest BCUT2D eigenvalue weighted by atomic mass is 16.5. The van der Waals surface area contributed by atoms with Crippen LogP contribution < -0.4 is 5.32 Å². The molecule has 1 atom stereocenters. The predicted molar refractivity (Wildman–Crippen MR) is 105 cm³/mol. The summed E-state index contributed by atoms with van der Waals surface area (Å²) < 4.78 is 7.43.